The van der Waals surface area contributed by atoms with Crippen molar-refractivity contribution in [2.24, 2.45) is 0 Å². The third-order valence-electron chi connectivity index (χ3n) is 5.29. The number of hydrogen-bond acceptors (Lipinski definition) is 6. The predicted octanol–water partition coefficient (Wildman–Crippen LogP) is 5.90. The number of benzene rings is 3. The van der Waals surface area contributed by atoms with Gasteiger partial charge in [-0.3, -0.25) is 0 Å². The van der Waals surface area contributed by atoms with Crippen LogP contribution in [0, 0.1) is 22.7 Å². The number of ether oxygens (including phenoxy) is 4. The zero-order chi connectivity index (χ0) is 24.7. The monoisotopic (exact) mass is 456 g/mol. The summed E-state index contributed by atoms with van der Waals surface area (Å²) >= 11 is 0. The van der Waals surface area contributed by atoms with Crippen LogP contribution in [0.3, 0.4) is 0 Å². The van der Waals surface area contributed by atoms with E-state index in [2.05, 4.69) is 45.0 Å². The molecule has 0 radical (unpaired) electrons. The number of hydrogen-bond donors (Lipinski definition) is 0. The van der Waals surface area contributed by atoms with Crippen LogP contribution in [0.25, 0.3) is 0 Å². The average Bonchev–Trinajstić information content (AvgIpc) is 2.85. The number of methoxy groups -OCH3 is 2. The second kappa shape index (κ2) is 10.6. The Labute approximate surface area is 200 Å². The third-order valence-corrected chi connectivity index (χ3v) is 5.29. The van der Waals surface area contributed by atoms with Gasteiger partial charge in [0.2, 0.25) is 0 Å². The van der Waals surface area contributed by atoms with Crippen LogP contribution in [0.5, 0.6) is 23.0 Å². The lowest BCUT2D eigenvalue weighted by molar-refractivity contribution is 0.279. The van der Waals surface area contributed by atoms with Gasteiger partial charge in [-0.2, -0.15) is 10.5 Å². The van der Waals surface area contributed by atoms with E-state index in [1.165, 1.54) is 0 Å². The highest BCUT2D eigenvalue weighted by Crippen LogP contribution is 2.31. The Bertz CT molecular complexity index is 1160. The summed E-state index contributed by atoms with van der Waals surface area (Å²) < 4.78 is 22.8. The fourth-order valence-electron chi connectivity index (χ4n) is 3.40. The van der Waals surface area contributed by atoms with Gasteiger partial charge in [-0.1, -0.05) is 32.9 Å². The molecular weight excluding hydrogens is 428 g/mol. The highest BCUT2D eigenvalue weighted by atomic mass is 16.5. The van der Waals surface area contributed by atoms with Crippen molar-refractivity contribution in [2.45, 2.75) is 39.4 Å². The smallest absolute Gasteiger partial charge is 0.162 e. The highest BCUT2D eigenvalue weighted by molar-refractivity contribution is 5.48. The molecule has 3 aromatic carbocycles. The normalized spacial score (nSPS) is 10.7. The molecule has 0 saturated heterocycles. The van der Waals surface area contributed by atoms with Crippen molar-refractivity contribution in [1.82, 2.24) is 0 Å². The van der Waals surface area contributed by atoms with E-state index in [1.807, 2.05) is 6.07 Å². The lowest BCUT2D eigenvalue weighted by Crippen LogP contribution is -2.13. The van der Waals surface area contributed by atoms with Crippen LogP contribution in [0.4, 0.5) is 0 Å². The minimum Gasteiger partial charge on any atom is -0.493 e. The van der Waals surface area contributed by atoms with Crippen molar-refractivity contribution in [1.29, 1.82) is 10.5 Å². The lowest BCUT2D eigenvalue weighted by atomic mass is 9.85. The molecule has 3 aromatic rings. The molecule has 34 heavy (non-hydrogen) atoms. The van der Waals surface area contributed by atoms with Crippen LogP contribution >= 0.6 is 0 Å². The molecular formula is C28H28N2O4. The van der Waals surface area contributed by atoms with E-state index in [-0.39, 0.29) is 5.41 Å². The first-order valence-electron chi connectivity index (χ1n) is 10.8. The van der Waals surface area contributed by atoms with Crippen molar-refractivity contribution in [3.8, 4) is 35.1 Å². The van der Waals surface area contributed by atoms with E-state index in [1.54, 1.807) is 50.6 Å². The molecule has 0 aliphatic carbocycles. The van der Waals surface area contributed by atoms with Gasteiger partial charge in [-0.05, 0) is 52.4 Å². The molecule has 0 heterocycles. The van der Waals surface area contributed by atoms with E-state index in [0.29, 0.717) is 47.3 Å². The molecule has 0 saturated carbocycles. The molecule has 0 N–H and O–H groups in total. The maximum Gasteiger partial charge on any atom is 0.162 e. The number of rotatable bonds is 8. The van der Waals surface area contributed by atoms with Crippen LogP contribution < -0.4 is 18.9 Å². The first-order valence-corrected chi connectivity index (χ1v) is 10.8. The molecule has 0 aliphatic heterocycles. The van der Waals surface area contributed by atoms with Gasteiger partial charge >= 0.3 is 0 Å². The molecule has 0 unspecified atom stereocenters. The van der Waals surface area contributed by atoms with Crippen LogP contribution in [0.2, 0.25) is 0 Å². The summed E-state index contributed by atoms with van der Waals surface area (Å²) in [5.74, 6) is 2.18. The Kier molecular flexibility index (Phi) is 7.66. The Morgan fingerprint density at radius 2 is 1.09 bits per heavy atom. The summed E-state index contributed by atoms with van der Waals surface area (Å²) in [5.41, 5.74) is 4.09. The summed E-state index contributed by atoms with van der Waals surface area (Å²) in [6.07, 6.45) is 0. The van der Waals surface area contributed by atoms with E-state index in [0.717, 1.165) is 16.7 Å². The molecule has 0 spiro atoms. The molecule has 0 fully saturated rings. The zero-order valence-electron chi connectivity index (χ0n) is 20.1. The molecule has 0 bridgehead atoms. The van der Waals surface area contributed by atoms with Gasteiger partial charge in [-0.25, -0.2) is 0 Å². The van der Waals surface area contributed by atoms with E-state index < -0.39 is 0 Å². The molecule has 0 aliphatic rings. The third kappa shape index (κ3) is 5.99. The Morgan fingerprint density at radius 1 is 0.647 bits per heavy atom. The zero-order valence-corrected chi connectivity index (χ0v) is 20.1. The van der Waals surface area contributed by atoms with Crippen LogP contribution in [-0.2, 0) is 18.6 Å². The van der Waals surface area contributed by atoms with Gasteiger partial charge in [-0.15, -0.1) is 0 Å². The number of nitrogens with zero attached hydrogens (tertiary/aromatic N) is 2. The summed E-state index contributed by atoms with van der Waals surface area (Å²) in [4.78, 5) is 0. The topological polar surface area (TPSA) is 84.5 Å². The molecule has 0 aromatic heterocycles. The second-order valence-electron chi connectivity index (χ2n) is 8.82. The Balaban J connectivity index is 1.83. The van der Waals surface area contributed by atoms with Gasteiger partial charge in [0.15, 0.2) is 23.0 Å². The standard InChI is InChI=1S/C28H28N2O4/c1-28(2,3)23-11-21(17-33-24-8-6-19(15-29)13-26(24)31-4)10-22(12-23)18-34-25-9-7-20(16-30)14-27(25)32-5/h6-14H,17-18H2,1-5H3. The molecule has 3 rings (SSSR count). The van der Waals surface area contributed by atoms with Crippen LogP contribution in [-0.4, -0.2) is 14.2 Å². The minimum absolute atomic E-state index is 0.0664. The maximum absolute atomic E-state index is 9.11. The molecule has 174 valence electrons. The summed E-state index contributed by atoms with van der Waals surface area (Å²) in [7, 11) is 3.10. The van der Waals surface area contributed by atoms with Crippen molar-refractivity contribution in [2.75, 3.05) is 14.2 Å². The lowest BCUT2D eigenvalue weighted by Gasteiger charge is -2.22. The average molecular weight is 457 g/mol. The summed E-state index contributed by atoms with van der Waals surface area (Å²) in [6, 6.07) is 20.7. The fourth-order valence-corrected chi connectivity index (χ4v) is 3.40. The van der Waals surface area contributed by atoms with Gasteiger partial charge in [0.25, 0.3) is 0 Å². The molecule has 6 heteroatoms. The van der Waals surface area contributed by atoms with E-state index >= 15 is 0 Å². The van der Waals surface area contributed by atoms with Crippen molar-refractivity contribution >= 4 is 0 Å². The van der Waals surface area contributed by atoms with Gasteiger partial charge in [0.1, 0.15) is 13.2 Å². The van der Waals surface area contributed by atoms with E-state index in [4.69, 9.17) is 29.5 Å². The Hall–Kier alpha value is -4.16. The first kappa shape index (κ1) is 24.5. The van der Waals surface area contributed by atoms with E-state index in [9.17, 15) is 0 Å². The SMILES string of the molecule is COc1cc(C#N)ccc1OCc1cc(COc2ccc(C#N)cc2OC)cc(C(C)(C)C)c1. The largest absolute Gasteiger partial charge is 0.493 e. The molecule has 0 amide bonds. The van der Waals surface area contributed by atoms with Crippen molar-refractivity contribution in [3.63, 3.8) is 0 Å². The van der Waals surface area contributed by atoms with Crippen LogP contribution in [0.15, 0.2) is 54.6 Å². The second-order valence-corrected chi connectivity index (χ2v) is 8.82. The van der Waals surface area contributed by atoms with Gasteiger partial charge in [0.05, 0.1) is 37.5 Å². The molecule has 0 atom stereocenters. The fraction of sp³-hybridized carbons (Fsp3) is 0.286. The Morgan fingerprint density at radius 3 is 1.44 bits per heavy atom. The van der Waals surface area contributed by atoms with Gasteiger partial charge in [0, 0.05) is 12.1 Å². The van der Waals surface area contributed by atoms with Crippen molar-refractivity contribution < 1.29 is 18.9 Å². The summed E-state index contributed by atoms with van der Waals surface area (Å²) in [5, 5.41) is 18.2. The molecule has 6 nitrogen and oxygen atoms in total. The quantitative estimate of drug-likeness (QED) is 0.419. The minimum atomic E-state index is -0.0664. The highest BCUT2D eigenvalue weighted by Gasteiger charge is 2.17. The van der Waals surface area contributed by atoms with Crippen molar-refractivity contribution in [3.05, 3.63) is 82.4 Å². The number of nitriles is 2. The maximum atomic E-state index is 9.11. The van der Waals surface area contributed by atoms with Gasteiger partial charge < -0.3 is 18.9 Å². The van der Waals surface area contributed by atoms with Crippen LogP contribution in [0.1, 0.15) is 48.6 Å². The predicted molar refractivity (Wildman–Crippen MR) is 129 cm³/mol. The summed E-state index contributed by atoms with van der Waals surface area (Å²) in [6.45, 7) is 7.14. The first-order chi connectivity index (χ1) is 16.3.